The Bertz CT molecular complexity index is 505. The van der Waals surface area contributed by atoms with E-state index < -0.39 is 0 Å². The van der Waals surface area contributed by atoms with E-state index in [2.05, 4.69) is 24.1 Å². The molecule has 1 aliphatic rings. The van der Waals surface area contributed by atoms with Gasteiger partial charge in [-0.15, -0.1) is 0 Å². The highest BCUT2D eigenvalue weighted by Crippen LogP contribution is 2.21. The second-order valence-electron chi connectivity index (χ2n) is 5.84. The lowest BCUT2D eigenvalue weighted by Gasteiger charge is -2.20. The normalized spacial score (nSPS) is 19.0. The maximum Gasteiger partial charge on any atom is 0.258 e. The summed E-state index contributed by atoms with van der Waals surface area (Å²) in [5.41, 5.74) is 0.943. The van der Waals surface area contributed by atoms with Crippen LogP contribution in [-0.4, -0.2) is 42.6 Å². The Morgan fingerprint density at radius 1 is 1.52 bits per heavy atom. The van der Waals surface area contributed by atoms with Crippen LogP contribution in [0.3, 0.4) is 0 Å². The first kappa shape index (κ1) is 16.1. The van der Waals surface area contributed by atoms with Crippen LogP contribution in [0.25, 0.3) is 0 Å². The largest absolute Gasteiger partial charge is 0.484 e. The summed E-state index contributed by atoms with van der Waals surface area (Å²) in [6.45, 7) is 8.27. The third-order valence-corrected chi connectivity index (χ3v) is 4.24. The molecular weight excluding hydrogens is 288 g/mol. The molecule has 2 rings (SSSR count). The Labute approximate surface area is 131 Å². The first-order valence-corrected chi connectivity index (χ1v) is 7.76. The molecule has 1 saturated heterocycles. The number of amides is 1. The van der Waals surface area contributed by atoms with E-state index >= 15 is 0 Å². The molecule has 116 valence electrons. The maximum atomic E-state index is 11.9. The van der Waals surface area contributed by atoms with Crippen molar-refractivity contribution in [1.82, 2.24) is 10.2 Å². The fraction of sp³-hybridized carbons (Fsp3) is 0.562. The minimum Gasteiger partial charge on any atom is -0.484 e. The van der Waals surface area contributed by atoms with E-state index in [4.69, 9.17) is 16.3 Å². The van der Waals surface area contributed by atoms with Crippen molar-refractivity contribution < 1.29 is 9.53 Å². The molecule has 0 radical (unpaired) electrons. The van der Waals surface area contributed by atoms with Gasteiger partial charge in [0, 0.05) is 30.2 Å². The van der Waals surface area contributed by atoms with Crippen LogP contribution < -0.4 is 10.1 Å². The summed E-state index contributed by atoms with van der Waals surface area (Å²) < 4.78 is 5.50. The predicted octanol–water partition coefficient (Wildman–Crippen LogP) is 2.63. The van der Waals surface area contributed by atoms with E-state index in [9.17, 15) is 4.79 Å². The highest BCUT2D eigenvalue weighted by molar-refractivity contribution is 6.31. The lowest BCUT2D eigenvalue weighted by atomic mass is 10.2. The number of halogens is 1. The number of aryl methyl sites for hydroxylation is 1. The smallest absolute Gasteiger partial charge is 0.258 e. The molecule has 0 aromatic heterocycles. The summed E-state index contributed by atoms with van der Waals surface area (Å²) >= 11 is 5.96. The Morgan fingerprint density at radius 3 is 2.90 bits per heavy atom. The molecule has 1 aromatic carbocycles. The standard InChI is InChI=1S/C16H23ClN2O2/c1-11(2)19-7-6-13(9-19)18-16(20)10-21-14-4-5-15(17)12(3)8-14/h4-5,8,11,13H,6-7,9-10H2,1-3H3,(H,18,20). The molecule has 1 N–H and O–H groups in total. The first-order valence-electron chi connectivity index (χ1n) is 7.38. The van der Waals surface area contributed by atoms with E-state index in [1.165, 1.54) is 0 Å². The number of rotatable bonds is 5. The van der Waals surface area contributed by atoms with Gasteiger partial charge in [-0.1, -0.05) is 11.6 Å². The molecule has 21 heavy (non-hydrogen) atoms. The molecular formula is C16H23ClN2O2. The Morgan fingerprint density at radius 2 is 2.29 bits per heavy atom. The second-order valence-corrected chi connectivity index (χ2v) is 6.25. The fourth-order valence-electron chi connectivity index (χ4n) is 2.50. The van der Waals surface area contributed by atoms with Crippen molar-refractivity contribution in [3.05, 3.63) is 28.8 Å². The van der Waals surface area contributed by atoms with Crippen LogP contribution in [0.5, 0.6) is 5.75 Å². The van der Waals surface area contributed by atoms with Gasteiger partial charge in [-0.05, 0) is 51.0 Å². The maximum absolute atomic E-state index is 11.9. The molecule has 1 unspecified atom stereocenters. The van der Waals surface area contributed by atoms with E-state index in [0.717, 1.165) is 25.1 Å². The zero-order valence-electron chi connectivity index (χ0n) is 12.9. The number of nitrogens with one attached hydrogen (secondary N) is 1. The third kappa shape index (κ3) is 4.61. The molecule has 0 aliphatic carbocycles. The van der Waals surface area contributed by atoms with Crippen LogP contribution in [0.15, 0.2) is 18.2 Å². The van der Waals surface area contributed by atoms with Gasteiger partial charge in [-0.25, -0.2) is 0 Å². The van der Waals surface area contributed by atoms with Gasteiger partial charge in [0.25, 0.3) is 5.91 Å². The minimum absolute atomic E-state index is 0.0409. The molecule has 0 spiro atoms. The van der Waals surface area contributed by atoms with Crippen LogP contribution in [0.1, 0.15) is 25.8 Å². The third-order valence-electron chi connectivity index (χ3n) is 3.81. The van der Waals surface area contributed by atoms with Crippen LogP contribution in [0.4, 0.5) is 0 Å². The van der Waals surface area contributed by atoms with Crippen LogP contribution in [0, 0.1) is 6.92 Å². The van der Waals surface area contributed by atoms with Crippen molar-refractivity contribution in [2.24, 2.45) is 0 Å². The molecule has 1 aromatic rings. The molecule has 5 heteroatoms. The molecule has 1 fully saturated rings. The molecule has 1 heterocycles. The van der Waals surface area contributed by atoms with E-state index in [1.54, 1.807) is 12.1 Å². The Hall–Kier alpha value is -1.26. The summed E-state index contributed by atoms with van der Waals surface area (Å²) in [5, 5.41) is 3.73. The molecule has 1 amide bonds. The number of benzene rings is 1. The average Bonchev–Trinajstić information content (AvgIpc) is 2.89. The zero-order chi connectivity index (χ0) is 15.4. The van der Waals surface area contributed by atoms with Crippen LogP contribution in [-0.2, 0) is 4.79 Å². The monoisotopic (exact) mass is 310 g/mol. The summed E-state index contributed by atoms with van der Waals surface area (Å²) in [5.74, 6) is 0.598. The van der Waals surface area contributed by atoms with Gasteiger partial charge in [-0.3, -0.25) is 9.69 Å². The van der Waals surface area contributed by atoms with Gasteiger partial charge in [0.2, 0.25) is 0 Å². The van der Waals surface area contributed by atoms with Crippen molar-refractivity contribution >= 4 is 17.5 Å². The zero-order valence-corrected chi connectivity index (χ0v) is 13.6. The highest BCUT2D eigenvalue weighted by Gasteiger charge is 2.25. The van der Waals surface area contributed by atoms with Crippen molar-refractivity contribution in [2.45, 2.75) is 39.3 Å². The number of hydrogen-bond acceptors (Lipinski definition) is 3. The molecule has 4 nitrogen and oxygen atoms in total. The highest BCUT2D eigenvalue weighted by atomic mass is 35.5. The number of likely N-dealkylation sites (tertiary alicyclic amines) is 1. The minimum atomic E-state index is -0.0711. The van der Waals surface area contributed by atoms with Gasteiger partial charge < -0.3 is 10.1 Å². The average molecular weight is 311 g/mol. The van der Waals surface area contributed by atoms with Crippen molar-refractivity contribution in [3.63, 3.8) is 0 Å². The van der Waals surface area contributed by atoms with Crippen LogP contribution >= 0.6 is 11.6 Å². The van der Waals surface area contributed by atoms with Crippen molar-refractivity contribution in [1.29, 1.82) is 0 Å². The molecule has 1 aliphatic heterocycles. The van der Waals surface area contributed by atoms with E-state index in [1.807, 2.05) is 13.0 Å². The van der Waals surface area contributed by atoms with Gasteiger partial charge in [0.05, 0.1) is 0 Å². The number of carbonyl (C=O) groups excluding carboxylic acids is 1. The summed E-state index contributed by atoms with van der Waals surface area (Å²) in [6, 6.07) is 6.15. The van der Waals surface area contributed by atoms with Gasteiger partial charge in [0.15, 0.2) is 6.61 Å². The number of hydrogen-bond donors (Lipinski definition) is 1. The molecule has 0 bridgehead atoms. The summed E-state index contributed by atoms with van der Waals surface area (Å²) in [4.78, 5) is 14.3. The molecule has 0 saturated carbocycles. The Kier molecular flexibility index (Phi) is 5.48. The predicted molar refractivity (Wildman–Crippen MR) is 84.9 cm³/mol. The quantitative estimate of drug-likeness (QED) is 0.909. The Balaban J connectivity index is 1.76. The number of ether oxygens (including phenoxy) is 1. The lowest BCUT2D eigenvalue weighted by molar-refractivity contribution is -0.123. The fourth-order valence-corrected chi connectivity index (χ4v) is 2.62. The molecule has 1 atom stereocenters. The van der Waals surface area contributed by atoms with Crippen LogP contribution in [0.2, 0.25) is 5.02 Å². The summed E-state index contributed by atoms with van der Waals surface area (Å²) in [7, 11) is 0. The van der Waals surface area contributed by atoms with E-state index in [-0.39, 0.29) is 18.6 Å². The van der Waals surface area contributed by atoms with Crippen molar-refractivity contribution in [3.8, 4) is 5.75 Å². The number of carbonyl (C=O) groups is 1. The first-order chi connectivity index (χ1) is 9.95. The van der Waals surface area contributed by atoms with E-state index in [0.29, 0.717) is 16.8 Å². The van der Waals surface area contributed by atoms with Gasteiger partial charge in [-0.2, -0.15) is 0 Å². The van der Waals surface area contributed by atoms with Gasteiger partial charge in [0.1, 0.15) is 5.75 Å². The lowest BCUT2D eigenvalue weighted by Crippen LogP contribution is -2.40. The second kappa shape index (κ2) is 7.14. The summed E-state index contributed by atoms with van der Waals surface area (Å²) in [6.07, 6.45) is 1.00. The number of nitrogens with zero attached hydrogens (tertiary/aromatic N) is 1. The van der Waals surface area contributed by atoms with Crippen molar-refractivity contribution in [2.75, 3.05) is 19.7 Å². The SMILES string of the molecule is Cc1cc(OCC(=O)NC2CCN(C(C)C)C2)ccc1Cl. The van der Waals surface area contributed by atoms with Gasteiger partial charge >= 0.3 is 0 Å². The topological polar surface area (TPSA) is 41.6 Å².